The zero-order chi connectivity index (χ0) is 20.3. The Hall–Kier alpha value is -2.57. The van der Waals surface area contributed by atoms with Crippen molar-refractivity contribution in [3.05, 3.63) is 63.6 Å². The van der Waals surface area contributed by atoms with Crippen LogP contribution < -0.4 is 10.6 Å². The molecule has 1 aliphatic rings. The van der Waals surface area contributed by atoms with Crippen LogP contribution >= 0.6 is 23.2 Å². The Labute approximate surface area is 172 Å². The number of aryl methyl sites for hydroxylation is 1. The number of nitrogens with zero attached hydrogens (tertiary/aromatic N) is 1. The highest BCUT2D eigenvalue weighted by Gasteiger charge is 2.40. The van der Waals surface area contributed by atoms with Gasteiger partial charge in [-0.05, 0) is 54.8 Å². The second-order valence-electron chi connectivity index (χ2n) is 6.57. The number of carbonyl (C=O) groups is 3. The molecule has 0 aliphatic carbocycles. The van der Waals surface area contributed by atoms with E-state index in [-0.39, 0.29) is 25.3 Å². The lowest BCUT2D eigenvalue weighted by Gasteiger charge is -2.22. The lowest BCUT2D eigenvalue weighted by molar-refractivity contribution is -0.132. The quantitative estimate of drug-likeness (QED) is 0.781. The summed E-state index contributed by atoms with van der Waals surface area (Å²) in [6.07, 6.45) is 0.414. The summed E-state index contributed by atoms with van der Waals surface area (Å²) in [7, 11) is 0. The summed E-state index contributed by atoms with van der Waals surface area (Å²) in [6.45, 7) is 2.14. The third kappa shape index (κ3) is 4.64. The first kappa shape index (κ1) is 20.2. The van der Waals surface area contributed by atoms with Gasteiger partial charge in [0, 0.05) is 28.7 Å². The number of anilines is 1. The Bertz CT molecular complexity index is 915. The molecular weight excluding hydrogens is 401 g/mol. The number of amides is 4. The molecule has 146 valence electrons. The summed E-state index contributed by atoms with van der Waals surface area (Å²) in [5.74, 6) is -0.784. The molecule has 4 amide bonds. The van der Waals surface area contributed by atoms with Crippen LogP contribution in [0.4, 0.5) is 10.5 Å². The molecule has 0 aromatic heterocycles. The summed E-state index contributed by atoms with van der Waals surface area (Å²) < 4.78 is 0. The summed E-state index contributed by atoms with van der Waals surface area (Å²) in [4.78, 5) is 38.3. The maximum atomic E-state index is 12.6. The van der Waals surface area contributed by atoms with Crippen LogP contribution in [-0.4, -0.2) is 28.8 Å². The van der Waals surface area contributed by atoms with Gasteiger partial charge in [0.2, 0.25) is 11.8 Å². The van der Waals surface area contributed by atoms with Crippen LogP contribution in [-0.2, 0) is 16.1 Å². The summed E-state index contributed by atoms with van der Waals surface area (Å²) in [5.41, 5.74) is 2.27. The molecule has 1 heterocycles. The highest BCUT2D eigenvalue weighted by atomic mass is 35.5. The van der Waals surface area contributed by atoms with Gasteiger partial charge in [0.15, 0.2) is 0 Å². The number of likely N-dealkylation sites (tertiary alicyclic amines) is 1. The standard InChI is InChI=1S/C20H19Cl2N3O3/c1-12-2-3-13(16(22)10-12)11-23-19(27)17-8-9-18(26)25(17)20(28)24-15-6-4-14(21)5-7-15/h2-7,10,17H,8-9,11H2,1H3,(H,23,27)(H,24,28). The Morgan fingerprint density at radius 2 is 1.86 bits per heavy atom. The third-order valence-corrected chi connectivity index (χ3v) is 5.09. The molecule has 1 saturated heterocycles. The average molecular weight is 420 g/mol. The van der Waals surface area contributed by atoms with Gasteiger partial charge in [-0.15, -0.1) is 0 Å². The van der Waals surface area contributed by atoms with Crippen LogP contribution in [0, 0.1) is 6.92 Å². The number of hydrogen-bond donors (Lipinski definition) is 2. The Balaban J connectivity index is 1.65. The van der Waals surface area contributed by atoms with Gasteiger partial charge in [-0.25, -0.2) is 4.79 Å². The second-order valence-corrected chi connectivity index (χ2v) is 7.41. The van der Waals surface area contributed by atoms with E-state index in [0.717, 1.165) is 16.0 Å². The van der Waals surface area contributed by atoms with Crippen molar-refractivity contribution in [3.8, 4) is 0 Å². The molecule has 2 aromatic rings. The number of imide groups is 1. The molecule has 28 heavy (non-hydrogen) atoms. The van der Waals surface area contributed by atoms with E-state index in [2.05, 4.69) is 10.6 Å². The van der Waals surface area contributed by atoms with Crippen LogP contribution in [0.2, 0.25) is 10.0 Å². The molecule has 3 rings (SSSR count). The topological polar surface area (TPSA) is 78.5 Å². The maximum absolute atomic E-state index is 12.6. The zero-order valence-corrected chi connectivity index (χ0v) is 16.7. The fourth-order valence-corrected chi connectivity index (χ4v) is 3.43. The van der Waals surface area contributed by atoms with Gasteiger partial charge < -0.3 is 10.6 Å². The monoisotopic (exact) mass is 419 g/mol. The van der Waals surface area contributed by atoms with E-state index in [1.54, 1.807) is 24.3 Å². The molecule has 6 nitrogen and oxygen atoms in total. The maximum Gasteiger partial charge on any atom is 0.329 e. The van der Waals surface area contributed by atoms with Crippen molar-refractivity contribution in [2.24, 2.45) is 0 Å². The van der Waals surface area contributed by atoms with Gasteiger partial charge in [0.25, 0.3) is 0 Å². The lowest BCUT2D eigenvalue weighted by Crippen LogP contribution is -2.49. The van der Waals surface area contributed by atoms with Crippen LogP contribution in [0.1, 0.15) is 24.0 Å². The van der Waals surface area contributed by atoms with Gasteiger partial charge >= 0.3 is 6.03 Å². The first-order valence-electron chi connectivity index (χ1n) is 8.76. The van der Waals surface area contributed by atoms with Gasteiger partial charge in [-0.1, -0.05) is 35.3 Å². The Kier molecular flexibility index (Phi) is 6.21. The molecule has 2 N–H and O–H groups in total. The molecule has 0 saturated carbocycles. The van der Waals surface area contributed by atoms with E-state index in [0.29, 0.717) is 15.7 Å². The summed E-state index contributed by atoms with van der Waals surface area (Å²) in [6, 6.07) is 10.5. The number of hydrogen-bond acceptors (Lipinski definition) is 3. The predicted octanol–water partition coefficient (Wildman–Crippen LogP) is 4.14. The summed E-state index contributed by atoms with van der Waals surface area (Å²) in [5, 5.41) is 6.47. The van der Waals surface area contributed by atoms with Gasteiger partial charge in [0.1, 0.15) is 6.04 Å². The fourth-order valence-electron chi connectivity index (χ4n) is 3.00. The number of nitrogens with one attached hydrogen (secondary N) is 2. The van der Waals surface area contributed by atoms with E-state index in [1.165, 1.54) is 0 Å². The van der Waals surface area contributed by atoms with Crippen molar-refractivity contribution in [2.75, 3.05) is 5.32 Å². The average Bonchev–Trinajstić information content (AvgIpc) is 3.04. The van der Waals surface area contributed by atoms with Gasteiger partial charge in [-0.2, -0.15) is 0 Å². The number of carbonyl (C=O) groups excluding carboxylic acids is 3. The van der Waals surface area contributed by atoms with Crippen molar-refractivity contribution in [2.45, 2.75) is 32.4 Å². The van der Waals surface area contributed by atoms with Crippen LogP contribution in [0.25, 0.3) is 0 Å². The van der Waals surface area contributed by atoms with Crippen LogP contribution in [0.15, 0.2) is 42.5 Å². The smallest absolute Gasteiger partial charge is 0.329 e. The molecule has 0 bridgehead atoms. The van der Waals surface area contributed by atoms with E-state index in [9.17, 15) is 14.4 Å². The molecule has 1 fully saturated rings. The molecule has 0 radical (unpaired) electrons. The van der Waals surface area contributed by atoms with E-state index < -0.39 is 18.0 Å². The SMILES string of the molecule is Cc1ccc(CNC(=O)C2CCC(=O)N2C(=O)Nc2ccc(Cl)cc2)c(Cl)c1. The normalized spacial score (nSPS) is 16.2. The predicted molar refractivity (Wildman–Crippen MR) is 108 cm³/mol. The number of halogens is 2. The van der Waals surface area contributed by atoms with Crippen molar-refractivity contribution in [3.63, 3.8) is 0 Å². The highest BCUT2D eigenvalue weighted by molar-refractivity contribution is 6.31. The number of urea groups is 1. The zero-order valence-electron chi connectivity index (χ0n) is 15.2. The molecule has 2 aromatic carbocycles. The van der Waals surface area contributed by atoms with E-state index in [1.807, 2.05) is 25.1 Å². The Morgan fingerprint density at radius 1 is 1.14 bits per heavy atom. The largest absolute Gasteiger partial charge is 0.350 e. The minimum absolute atomic E-state index is 0.136. The second kappa shape index (κ2) is 8.63. The van der Waals surface area contributed by atoms with Crippen LogP contribution in [0.3, 0.4) is 0 Å². The van der Waals surface area contributed by atoms with Crippen molar-refractivity contribution < 1.29 is 14.4 Å². The number of benzene rings is 2. The summed E-state index contributed by atoms with van der Waals surface area (Å²) >= 11 is 12.0. The van der Waals surface area contributed by atoms with Crippen molar-refractivity contribution in [1.29, 1.82) is 0 Å². The fraction of sp³-hybridized carbons (Fsp3) is 0.250. The molecule has 8 heteroatoms. The Morgan fingerprint density at radius 3 is 2.54 bits per heavy atom. The lowest BCUT2D eigenvalue weighted by atomic mass is 10.1. The molecule has 0 spiro atoms. The van der Waals surface area contributed by atoms with Crippen molar-refractivity contribution in [1.82, 2.24) is 10.2 Å². The molecular formula is C20H19Cl2N3O3. The minimum Gasteiger partial charge on any atom is -0.350 e. The third-order valence-electron chi connectivity index (χ3n) is 4.49. The molecule has 1 unspecified atom stereocenters. The minimum atomic E-state index is -0.857. The van der Waals surface area contributed by atoms with Crippen molar-refractivity contribution >= 4 is 46.7 Å². The molecule has 1 aliphatic heterocycles. The highest BCUT2D eigenvalue weighted by Crippen LogP contribution is 2.22. The molecule has 1 atom stereocenters. The van der Waals surface area contributed by atoms with Crippen LogP contribution in [0.5, 0.6) is 0 Å². The van der Waals surface area contributed by atoms with E-state index in [4.69, 9.17) is 23.2 Å². The van der Waals surface area contributed by atoms with Gasteiger partial charge in [-0.3, -0.25) is 14.5 Å². The van der Waals surface area contributed by atoms with Gasteiger partial charge in [0.05, 0.1) is 0 Å². The first-order valence-corrected chi connectivity index (χ1v) is 9.52. The first-order chi connectivity index (χ1) is 13.3. The van der Waals surface area contributed by atoms with E-state index >= 15 is 0 Å². The number of rotatable bonds is 4.